The third kappa shape index (κ3) is 13.6. The van der Waals surface area contributed by atoms with E-state index in [4.69, 9.17) is 9.47 Å². The van der Waals surface area contributed by atoms with Crippen LogP contribution in [0.1, 0.15) is 213 Å². The largest absolute Gasteiger partial charge is 0.485 e. The lowest BCUT2D eigenvalue weighted by Crippen LogP contribution is -2.45. The summed E-state index contributed by atoms with van der Waals surface area (Å²) in [6, 6.07) is 0. The Morgan fingerprint density at radius 2 is 0.629 bits per heavy atom. The van der Waals surface area contributed by atoms with Gasteiger partial charge in [-0.25, -0.2) is 20.0 Å². The lowest BCUT2D eigenvalue weighted by molar-refractivity contribution is -0.149. The molecule has 4 aliphatic heterocycles. The zero-order chi connectivity index (χ0) is 51.5. The summed E-state index contributed by atoms with van der Waals surface area (Å²) in [5.41, 5.74) is -0.724. The molecule has 0 aliphatic carbocycles. The Morgan fingerprint density at radius 1 is 0.400 bits per heavy atom. The Balaban J connectivity index is 1.68. The van der Waals surface area contributed by atoms with Gasteiger partial charge in [0.2, 0.25) is 0 Å². The lowest BCUT2D eigenvalue weighted by atomic mass is 9.98. The minimum Gasteiger partial charge on any atom is -0.485 e. The number of unbranched alkanes of at least 4 members (excludes halogenated alkanes) is 4. The van der Waals surface area contributed by atoms with Gasteiger partial charge in [-0.15, -0.1) is 0 Å². The third-order valence-corrected chi connectivity index (χ3v) is 20.3. The average molecular weight is 1040 g/mol. The topological polar surface area (TPSA) is 99.7 Å². The minimum atomic E-state index is -0.587. The van der Waals surface area contributed by atoms with Crippen LogP contribution in [0.2, 0.25) is 0 Å². The summed E-state index contributed by atoms with van der Waals surface area (Å²) in [6.45, 7) is 32.1. The number of fused-ring (bicyclic) bond motifs is 2. The molecule has 10 nitrogen and oxygen atoms in total. The third-order valence-electron chi connectivity index (χ3n) is 15.2. The fourth-order valence-corrected chi connectivity index (χ4v) is 14.8. The number of amides is 4. The summed E-state index contributed by atoms with van der Waals surface area (Å²) in [4.78, 5) is 63.2. The van der Waals surface area contributed by atoms with Gasteiger partial charge in [-0.2, -0.15) is 0 Å². The molecule has 0 aromatic heterocycles. The van der Waals surface area contributed by atoms with Gasteiger partial charge in [-0.1, -0.05) is 193 Å². The number of ether oxygens (including phenoxy) is 2. The Bertz CT molecular complexity index is 1810. The van der Waals surface area contributed by atoms with Gasteiger partial charge in [0.05, 0.1) is 28.1 Å². The Morgan fingerprint density at radius 3 is 0.814 bits per heavy atom. The molecule has 0 N–H and O–H groups in total. The fourth-order valence-electron chi connectivity index (χ4n) is 9.35. The maximum atomic E-state index is 15.0. The summed E-state index contributed by atoms with van der Waals surface area (Å²) in [5.74, 6) is 1.53. The number of benzene rings is 1. The van der Waals surface area contributed by atoms with Crippen molar-refractivity contribution in [2.24, 2.45) is 23.7 Å². The number of hydrogen-bond acceptors (Lipinski definition) is 10. The van der Waals surface area contributed by atoms with Crippen molar-refractivity contribution in [3.05, 3.63) is 19.6 Å². The molecule has 0 saturated carbocycles. The Labute approximate surface area is 441 Å². The summed E-state index contributed by atoms with van der Waals surface area (Å²) < 4.78 is 15.5. The van der Waals surface area contributed by atoms with Crippen molar-refractivity contribution in [2.75, 3.05) is 26.2 Å². The number of carbonyl (C=O) groups excluding carboxylic acids is 4. The van der Waals surface area contributed by atoms with E-state index in [-0.39, 0.29) is 58.4 Å². The zero-order valence-electron chi connectivity index (χ0n) is 45.7. The van der Waals surface area contributed by atoms with E-state index in [0.29, 0.717) is 46.2 Å². The highest BCUT2D eigenvalue weighted by atomic mass is 32.2. The predicted molar refractivity (Wildman–Crippen MR) is 294 cm³/mol. The molecule has 1 aromatic rings. The van der Waals surface area contributed by atoms with Gasteiger partial charge < -0.3 is 9.47 Å². The van der Waals surface area contributed by atoms with Crippen LogP contribution in [0.3, 0.4) is 0 Å². The smallest absolute Gasteiger partial charge is 0.279 e. The number of carbonyl (C=O) groups is 4. The van der Waals surface area contributed by atoms with Crippen LogP contribution >= 0.6 is 47.0 Å². The second-order valence-electron chi connectivity index (χ2n) is 21.4. The van der Waals surface area contributed by atoms with Gasteiger partial charge in [0.1, 0.15) is 22.3 Å². The van der Waals surface area contributed by atoms with Gasteiger partial charge in [-0.3, -0.25) is 19.2 Å². The molecule has 2 saturated heterocycles. The number of thioether (sulfide) groups is 4. The van der Waals surface area contributed by atoms with E-state index in [9.17, 15) is 0 Å². The van der Waals surface area contributed by atoms with E-state index in [0.717, 1.165) is 135 Å². The molecular formula is C56H90N4O6S4. The van der Waals surface area contributed by atoms with E-state index in [1.54, 1.807) is 20.0 Å². The molecule has 14 heteroatoms. The van der Waals surface area contributed by atoms with Gasteiger partial charge >= 0.3 is 0 Å². The summed E-state index contributed by atoms with van der Waals surface area (Å²) >= 11 is 5.74. The van der Waals surface area contributed by atoms with Crippen LogP contribution in [0.15, 0.2) is 39.2 Å². The molecule has 4 heterocycles. The SMILES string of the molecule is CCCCC(CC)CN1C(=O)C(=C2Sc3c(OC(C)(C)CC)c4c(c(OC(C)(C)CC)c3S2)SC(=C2C(=O)N(CC(CC)CCCC)N(CC(CC)CCCC)C2=O)S4)C(=O)N1CC(CC)CCCC. The summed E-state index contributed by atoms with van der Waals surface area (Å²) in [5, 5.41) is 7.14. The highest BCUT2D eigenvalue weighted by Gasteiger charge is 2.50. The summed E-state index contributed by atoms with van der Waals surface area (Å²) in [6.07, 6.45) is 17.9. The van der Waals surface area contributed by atoms with Crippen LogP contribution in [-0.4, -0.2) is 81.0 Å². The van der Waals surface area contributed by atoms with Crippen molar-refractivity contribution >= 4 is 70.7 Å². The first-order valence-electron chi connectivity index (χ1n) is 27.5. The van der Waals surface area contributed by atoms with Crippen LogP contribution in [0, 0.1) is 23.7 Å². The van der Waals surface area contributed by atoms with Crippen LogP contribution in [-0.2, 0) is 19.2 Å². The van der Waals surface area contributed by atoms with E-state index < -0.39 is 11.2 Å². The second kappa shape index (κ2) is 26.7. The number of nitrogens with zero attached hydrogens (tertiary/aromatic N) is 4. The average Bonchev–Trinajstić information content (AvgIpc) is 4.09. The minimum absolute atomic E-state index is 0.225. The first kappa shape index (κ1) is 58.5. The number of hydrogen-bond donors (Lipinski definition) is 0. The molecule has 4 amide bonds. The van der Waals surface area contributed by atoms with Crippen molar-refractivity contribution in [2.45, 2.75) is 243 Å². The van der Waals surface area contributed by atoms with Crippen molar-refractivity contribution in [3.8, 4) is 11.5 Å². The molecule has 394 valence electrons. The normalized spacial score (nSPS) is 18.3. The predicted octanol–water partition coefficient (Wildman–Crippen LogP) is 15.7. The van der Waals surface area contributed by atoms with Crippen molar-refractivity contribution < 1.29 is 28.7 Å². The molecular weight excluding hydrogens is 953 g/mol. The monoisotopic (exact) mass is 1040 g/mol. The fraction of sp³-hybridized carbons (Fsp3) is 0.750. The second-order valence-corrected chi connectivity index (χ2v) is 26.0. The molecule has 4 aliphatic rings. The van der Waals surface area contributed by atoms with Gasteiger partial charge in [0, 0.05) is 26.2 Å². The molecule has 0 spiro atoms. The maximum absolute atomic E-state index is 15.0. The zero-order valence-corrected chi connectivity index (χ0v) is 49.0. The number of hydrazine groups is 2. The van der Waals surface area contributed by atoms with Gasteiger partial charge in [0.15, 0.2) is 11.5 Å². The quantitative estimate of drug-likeness (QED) is 0.0547. The molecule has 70 heavy (non-hydrogen) atoms. The molecule has 1 aromatic carbocycles. The molecule has 0 radical (unpaired) electrons. The summed E-state index contributed by atoms with van der Waals surface area (Å²) in [7, 11) is 0. The number of rotatable bonds is 30. The van der Waals surface area contributed by atoms with Crippen molar-refractivity contribution in [1.82, 2.24) is 20.0 Å². The van der Waals surface area contributed by atoms with E-state index in [1.807, 2.05) is 0 Å². The van der Waals surface area contributed by atoms with Gasteiger partial charge in [0.25, 0.3) is 23.6 Å². The van der Waals surface area contributed by atoms with Crippen LogP contribution in [0.5, 0.6) is 11.5 Å². The highest BCUT2D eigenvalue weighted by molar-refractivity contribution is 8.26. The maximum Gasteiger partial charge on any atom is 0.279 e. The van der Waals surface area contributed by atoms with Gasteiger partial charge in [-0.05, 0) is 89.9 Å². The van der Waals surface area contributed by atoms with E-state index >= 15 is 19.2 Å². The van der Waals surface area contributed by atoms with E-state index in [2.05, 4.69) is 96.9 Å². The molecule has 2 fully saturated rings. The molecule has 5 rings (SSSR count). The van der Waals surface area contributed by atoms with Crippen LogP contribution < -0.4 is 9.47 Å². The molecule has 0 bridgehead atoms. The van der Waals surface area contributed by atoms with Crippen molar-refractivity contribution in [3.63, 3.8) is 0 Å². The first-order valence-corrected chi connectivity index (χ1v) is 30.8. The first-order chi connectivity index (χ1) is 33.4. The standard InChI is InChI=1S/C56H90N4O6S4/c1-15-25-29-37(19-5)33-57-49(61)41(50(62)58(57)34-38(20-6)30-26-16-2)53-67-45-43(65-55(11,12)23-9)47-48(44(46(45)68-53)66-56(13,14)24-10)70-54(69-47)42-51(63)59(35-39(21-7)31-27-17-3)60(52(42)64)36-40(22-8)32-28-18-4/h37-40H,15-36H2,1-14H3. The molecule has 4 atom stereocenters. The lowest BCUT2D eigenvalue weighted by Gasteiger charge is -2.33. The van der Waals surface area contributed by atoms with Crippen LogP contribution in [0.25, 0.3) is 0 Å². The van der Waals surface area contributed by atoms with E-state index in [1.165, 1.54) is 47.0 Å². The highest BCUT2D eigenvalue weighted by Crippen LogP contribution is 2.69. The van der Waals surface area contributed by atoms with Crippen molar-refractivity contribution in [1.29, 1.82) is 0 Å². The Hall–Kier alpha value is -2.42. The molecule has 4 unspecified atom stereocenters. The Kier molecular flexibility index (Phi) is 22.3. The van der Waals surface area contributed by atoms with Crippen LogP contribution in [0.4, 0.5) is 0 Å².